The summed E-state index contributed by atoms with van der Waals surface area (Å²) >= 11 is 0. The van der Waals surface area contributed by atoms with Crippen molar-refractivity contribution in [3.63, 3.8) is 0 Å². The summed E-state index contributed by atoms with van der Waals surface area (Å²) < 4.78 is 103. The highest BCUT2D eigenvalue weighted by atomic mass is 35.5. The van der Waals surface area contributed by atoms with Crippen LogP contribution in [0.25, 0.3) is 0 Å². The molecule has 824 valence electrons. The molecule has 0 spiro atoms. The molecule has 5 unspecified atom stereocenters. The number of hydrogen-bond donors (Lipinski definition) is 6. The van der Waals surface area contributed by atoms with Gasteiger partial charge in [-0.3, -0.25) is 95.2 Å². The van der Waals surface area contributed by atoms with Gasteiger partial charge in [0.15, 0.2) is 51.5 Å². The monoisotopic (exact) mass is 2180 g/mol. The van der Waals surface area contributed by atoms with Gasteiger partial charge in [0, 0.05) is 94.2 Å². The lowest BCUT2D eigenvalue weighted by Gasteiger charge is -2.45. The molecule has 6 N–H and O–H groups in total. The molecular formula is C98H167Cl3N8O30PSi4-3. The van der Waals surface area contributed by atoms with Crippen LogP contribution in [0.4, 0.5) is 0 Å². The molecule has 0 aromatic carbocycles. The van der Waals surface area contributed by atoms with E-state index in [1.807, 2.05) is 26.9 Å². The zero-order valence-electron chi connectivity index (χ0n) is 89.8. The van der Waals surface area contributed by atoms with Crippen molar-refractivity contribution in [3.05, 3.63) is 132 Å². The minimum atomic E-state index is -4.14. The van der Waals surface area contributed by atoms with Gasteiger partial charge in [0.05, 0.1) is 45.2 Å². The third-order valence-corrected chi connectivity index (χ3v) is 52.4. The molecule has 4 fully saturated rings. The fourth-order valence-corrected chi connectivity index (χ4v) is 39.5. The number of halogens is 3. The number of nitrogens with zero attached hydrogens (tertiary/aromatic N) is 4. The summed E-state index contributed by atoms with van der Waals surface area (Å²) in [6.07, 6.45) is -1.72. The topological polar surface area (TPSA) is 499 Å². The summed E-state index contributed by atoms with van der Waals surface area (Å²) in [7, 11) is -14.8. The molecule has 0 radical (unpaired) electrons. The number of carbonyl (C=O) groups is 6. The van der Waals surface area contributed by atoms with E-state index in [0.29, 0.717) is 25.7 Å². The van der Waals surface area contributed by atoms with E-state index >= 15 is 0 Å². The first-order valence-electron chi connectivity index (χ1n) is 50.8. The van der Waals surface area contributed by atoms with Crippen LogP contribution in [-0.2, 0) is 93.2 Å². The Bertz CT molecular complexity index is 5040. The highest BCUT2D eigenvalue weighted by Gasteiger charge is 2.61. The molecule has 17 atom stereocenters. The van der Waals surface area contributed by atoms with E-state index in [0.717, 1.165) is 57.8 Å². The van der Waals surface area contributed by atoms with Crippen LogP contribution < -0.4 is 82.2 Å². The van der Waals surface area contributed by atoms with Gasteiger partial charge in [0.1, 0.15) is 66.2 Å². The summed E-state index contributed by atoms with van der Waals surface area (Å²) in [6.45, 7) is 55.9. The van der Waals surface area contributed by atoms with Crippen LogP contribution in [-0.4, -0.2) is 217 Å². The third-order valence-electron chi connectivity index (χ3n) is 28.4. The van der Waals surface area contributed by atoms with E-state index in [9.17, 15) is 81.9 Å². The number of esters is 3. The Morgan fingerprint density at radius 3 is 0.840 bits per heavy atom. The number of Topliss-reactive ketones (excluding diaryl/α,β-unsaturated/α-hetero) is 3. The minimum absolute atomic E-state index is 0. The van der Waals surface area contributed by atoms with Crippen LogP contribution in [0, 0.1) is 0 Å². The van der Waals surface area contributed by atoms with Gasteiger partial charge in [-0.2, -0.15) is 0 Å². The van der Waals surface area contributed by atoms with Crippen molar-refractivity contribution in [3.8, 4) is 0 Å². The first-order chi connectivity index (χ1) is 65.9. The maximum atomic E-state index is 14.7. The number of H-pyrrole nitrogens is 4. The fraction of sp³-hybridized carbons (Fsp3) is 0.776. The Balaban J connectivity index is 0.000000583. The molecule has 4 aliphatic heterocycles. The summed E-state index contributed by atoms with van der Waals surface area (Å²) in [5.41, 5.74) is -3.98. The Morgan fingerprint density at radius 1 is 0.368 bits per heavy atom. The predicted molar refractivity (Wildman–Crippen MR) is 544 cm³/mol. The van der Waals surface area contributed by atoms with Gasteiger partial charge in [-0.1, -0.05) is 212 Å². The number of aromatic amines is 4. The molecular weight excluding hydrogens is 2020 g/mol. The molecule has 4 aromatic heterocycles. The normalized spacial score (nSPS) is 22.9. The maximum absolute atomic E-state index is 14.7. The van der Waals surface area contributed by atoms with E-state index < -0.39 is 222 Å². The van der Waals surface area contributed by atoms with Crippen molar-refractivity contribution in [1.29, 1.82) is 0 Å². The average molecular weight is 2190 g/mol. The zero-order chi connectivity index (χ0) is 106. The first-order valence-corrected chi connectivity index (χ1v) is 62.1. The molecule has 0 bridgehead atoms. The lowest BCUT2D eigenvalue weighted by molar-refractivity contribution is -0.157. The molecule has 4 saturated heterocycles. The van der Waals surface area contributed by atoms with Gasteiger partial charge < -0.3 is 103 Å². The highest BCUT2D eigenvalue weighted by Crippen LogP contribution is 2.55. The molecule has 8 rings (SSSR count). The van der Waals surface area contributed by atoms with Crippen molar-refractivity contribution in [1.82, 2.24) is 38.2 Å². The second-order valence-electron chi connectivity index (χ2n) is 42.1. The van der Waals surface area contributed by atoms with Crippen LogP contribution in [0.15, 0.2) is 87.4 Å². The van der Waals surface area contributed by atoms with Crippen molar-refractivity contribution in [2.45, 2.75) is 461 Å². The van der Waals surface area contributed by atoms with Crippen LogP contribution in [0.2, 0.25) is 68.0 Å². The average Bonchev–Trinajstić information content (AvgIpc) is 1.63. The van der Waals surface area contributed by atoms with E-state index in [4.69, 9.17) is 59.9 Å². The Labute approximate surface area is 869 Å². The van der Waals surface area contributed by atoms with Crippen LogP contribution in [0.5, 0.6) is 0 Å². The van der Waals surface area contributed by atoms with Crippen molar-refractivity contribution < 1.29 is 141 Å². The molecule has 38 nitrogen and oxygen atoms in total. The smallest absolute Gasteiger partial charge is 0.330 e. The minimum Gasteiger partial charge on any atom is -1.00 e. The molecule has 0 amide bonds. The second-order valence-corrected chi connectivity index (χ2v) is 65.1. The number of carbonyl (C=O) groups excluding carboxylic acids is 6. The van der Waals surface area contributed by atoms with Crippen LogP contribution >= 0.6 is 7.60 Å². The molecule has 0 saturated carbocycles. The molecule has 4 aromatic rings. The van der Waals surface area contributed by atoms with Gasteiger partial charge in [-0.05, 0) is 93.7 Å². The number of nitrogens with one attached hydrogen (secondary N) is 4. The summed E-state index contributed by atoms with van der Waals surface area (Å²) in [6, 6.07) is 4.79. The number of rotatable bonds is 53. The van der Waals surface area contributed by atoms with Gasteiger partial charge >= 0.3 is 48.3 Å². The molecule has 0 aliphatic carbocycles. The fourth-order valence-electron chi connectivity index (χ4n) is 20.4. The van der Waals surface area contributed by atoms with Gasteiger partial charge in [0.2, 0.25) is 25.0 Å². The van der Waals surface area contributed by atoms with E-state index in [1.165, 1.54) is 74.0 Å². The summed E-state index contributed by atoms with van der Waals surface area (Å²) in [4.78, 5) is 185. The predicted octanol–water partition coefficient (Wildman–Crippen LogP) is 5.98. The van der Waals surface area contributed by atoms with E-state index in [-0.39, 0.29) is 148 Å². The molecule has 144 heavy (non-hydrogen) atoms. The maximum Gasteiger partial charge on any atom is 0.330 e. The van der Waals surface area contributed by atoms with Crippen molar-refractivity contribution in [2.75, 3.05) is 26.5 Å². The molecule has 46 heteroatoms. The van der Waals surface area contributed by atoms with Crippen molar-refractivity contribution >= 4 is 76.1 Å². The highest BCUT2D eigenvalue weighted by molar-refractivity contribution is 7.53. The number of aliphatic hydroxyl groups is 2. The Kier molecular flexibility index (Phi) is 54.4. The number of hydrogen-bond acceptors (Lipinski definition) is 30. The van der Waals surface area contributed by atoms with E-state index in [1.54, 1.807) is 0 Å². The van der Waals surface area contributed by atoms with Gasteiger partial charge in [-0.15, -0.1) is 0 Å². The van der Waals surface area contributed by atoms with Gasteiger partial charge in [0.25, 0.3) is 22.2 Å². The largest absolute Gasteiger partial charge is 1.00 e. The summed E-state index contributed by atoms with van der Waals surface area (Å²) in [5.74, 6) is -1.92. The second kappa shape index (κ2) is 59.4. The number of aliphatic hydroxyl groups excluding tert-OH is 2. The number of unbranched alkanes of at least 4 members (excludes halogenated alkanes) is 6. The van der Waals surface area contributed by atoms with Crippen molar-refractivity contribution in [2.24, 2.45) is 0 Å². The number of ether oxygens (including phenoxy) is 7. The molecule has 8 heterocycles. The number of ketones is 3. The number of aromatic nitrogens is 8. The van der Waals surface area contributed by atoms with Crippen LogP contribution in [0.3, 0.4) is 0 Å². The summed E-state index contributed by atoms with van der Waals surface area (Å²) in [5, 5.41) is 20.0. The van der Waals surface area contributed by atoms with Gasteiger partial charge in [-0.25, -0.2) is 19.2 Å². The first kappa shape index (κ1) is 132. The van der Waals surface area contributed by atoms with Crippen LogP contribution in [0.1, 0.15) is 320 Å². The van der Waals surface area contributed by atoms with E-state index in [2.05, 4.69) is 179 Å². The lowest BCUT2D eigenvalue weighted by atomic mass is 10.1. The SMILES string of the molecule is CCCCCC(=O)CCC(=O)O[C@@H]1C(O[Si](C(C)C)(C(C)C)C(C)C)[C@H](n2ccc(=O)[nH]c2=O)O[C@@H]1CO.CCCCCC(=O)CCC(=O)O[C@@H]1C(O[Si](C(C)C)(C(C)C)C(C)C)[C@H](n2ccc(=O)[nH]c2=O)O[C@@H]1CO.CCCCCC(=O)CCC(=O)O[C@@H]1C(O[Si](C(C)C)(C(C)C)C(C)C)[C@H](n2ccc(=O)[nH]c2=O)O[C@@H]1COP(C)(=O)O[C@@H]1C(O[Si](C)(C)C(C)(C)C)[C@H](n2ccc(=O)[nH]c2=O)O[C@@H]1CC.[Cl-].[Cl-].[Cl-]. The zero-order valence-corrected chi connectivity index (χ0v) is 97.0. The lowest BCUT2D eigenvalue weighted by Crippen LogP contribution is -3.00. The third kappa shape index (κ3) is 34.3. The molecule has 4 aliphatic rings. The quantitative estimate of drug-likeness (QED) is 0.00973. The standard InChI is InChI=1S/C44H75N4O14PSi2.2C27H46N2O8Si.3ClH/c1-15-17-18-19-30(49)20-21-35(52)59-36-32(58-40(47-24-22-33(50)45-42(47)53)38(36)62-65(27(3)4,28(5)6)29(7)8)26-56-63(12,55)60-37-31(16-2)57-41(48-25-23-34(51)46-43(48)54)39(37)61-64(13,14)44(9,10)11;2*1-8-9-10-11-20(31)12-13-23(33)36-24-21(16-30)35-26(29-15-14-22(32)28-27(29)34)25(24)37-38(17(2)3,18(4)5)19(6)7;;;/h22-25,27-29,31-32,36-41H,15-21,26H2,1-14H3,(H,45,50,53)(H,46,51,54);2*14-15,17-19,21,24-26,30H,8-13,16H2,1-7H3,(H,28,32,34);3*1H/p-3/t31-,32-,36+,37+,38?,39?,40-,41-,63?;2*21-,24+,25?,26-;;;/m111.../s1. The Morgan fingerprint density at radius 2 is 0.611 bits per heavy atom. The Hall–Kier alpha value is -6.37.